The van der Waals surface area contributed by atoms with Crippen LogP contribution >= 0.6 is 12.4 Å². The van der Waals surface area contributed by atoms with Crippen LogP contribution in [0, 0.1) is 5.92 Å². The molecule has 0 saturated heterocycles. The molecule has 1 aromatic carbocycles. The molecule has 1 aliphatic rings. The fraction of sp³-hybridized carbons (Fsp3) is 0.562. The van der Waals surface area contributed by atoms with Gasteiger partial charge in [-0.3, -0.25) is 4.79 Å². The third kappa shape index (κ3) is 5.95. The summed E-state index contributed by atoms with van der Waals surface area (Å²) in [4.78, 5) is 12.1. The number of benzene rings is 1. The van der Waals surface area contributed by atoms with Crippen molar-refractivity contribution >= 4 is 18.3 Å². The number of carbonyl (C=O) groups excluding carboxylic acids is 1. The van der Waals surface area contributed by atoms with E-state index in [1.54, 1.807) is 12.1 Å². The van der Waals surface area contributed by atoms with Crippen LogP contribution in [0.1, 0.15) is 44.2 Å². The number of halogens is 3. The zero-order valence-corrected chi connectivity index (χ0v) is 13.8. The van der Waals surface area contributed by atoms with Crippen LogP contribution < -0.4 is 15.8 Å². The van der Waals surface area contributed by atoms with E-state index in [4.69, 9.17) is 5.73 Å². The highest BCUT2D eigenvalue weighted by atomic mass is 35.5. The van der Waals surface area contributed by atoms with E-state index in [9.17, 15) is 13.6 Å². The lowest BCUT2D eigenvalue weighted by molar-refractivity contribution is -0.122. The SMILES string of the molecule is CC(NC(=O)C[C@@H]1CCC[C@H]1N)c1cccc(OC(F)F)c1.Cl. The Morgan fingerprint density at radius 3 is 2.78 bits per heavy atom. The number of nitrogens with two attached hydrogens (primary N) is 1. The van der Waals surface area contributed by atoms with Crippen molar-refractivity contribution in [2.24, 2.45) is 11.7 Å². The van der Waals surface area contributed by atoms with Crippen LogP contribution in [0.2, 0.25) is 0 Å². The fourth-order valence-corrected chi connectivity index (χ4v) is 2.90. The molecular weight excluding hydrogens is 326 g/mol. The fourth-order valence-electron chi connectivity index (χ4n) is 2.90. The molecule has 1 aliphatic carbocycles. The van der Waals surface area contributed by atoms with Gasteiger partial charge in [-0.25, -0.2) is 0 Å². The minimum Gasteiger partial charge on any atom is -0.435 e. The van der Waals surface area contributed by atoms with Gasteiger partial charge in [0.1, 0.15) is 5.75 Å². The highest BCUT2D eigenvalue weighted by Gasteiger charge is 2.26. The molecule has 23 heavy (non-hydrogen) atoms. The van der Waals surface area contributed by atoms with Gasteiger partial charge in [0.05, 0.1) is 6.04 Å². The van der Waals surface area contributed by atoms with Crippen LogP contribution in [0.4, 0.5) is 8.78 Å². The first-order chi connectivity index (χ1) is 10.5. The van der Waals surface area contributed by atoms with Crippen molar-refractivity contribution in [3.05, 3.63) is 29.8 Å². The number of hydrogen-bond donors (Lipinski definition) is 2. The van der Waals surface area contributed by atoms with E-state index >= 15 is 0 Å². The smallest absolute Gasteiger partial charge is 0.387 e. The predicted molar refractivity (Wildman–Crippen MR) is 86.8 cm³/mol. The van der Waals surface area contributed by atoms with Crippen LogP contribution in [0.5, 0.6) is 5.75 Å². The molecule has 4 nitrogen and oxygen atoms in total. The summed E-state index contributed by atoms with van der Waals surface area (Å²) in [6.45, 7) is -1.04. The number of alkyl halides is 2. The molecule has 1 amide bonds. The standard InChI is InChI=1S/C16H22F2N2O2.ClH/c1-10(11-4-2-6-13(8-11)22-16(17)18)20-15(21)9-12-5-3-7-14(12)19;/h2,4,6,8,10,12,14,16H,3,5,7,9,19H2,1H3,(H,20,21);1H/t10?,12-,14+;/m0./s1. The number of ether oxygens (including phenoxy) is 1. The molecule has 130 valence electrons. The van der Waals surface area contributed by atoms with Crippen molar-refractivity contribution < 1.29 is 18.3 Å². The first kappa shape index (κ1) is 19.6. The Labute approximate surface area is 141 Å². The molecule has 0 bridgehead atoms. The van der Waals surface area contributed by atoms with E-state index in [0.717, 1.165) is 24.8 Å². The van der Waals surface area contributed by atoms with Gasteiger partial charge in [0.15, 0.2) is 0 Å². The molecule has 0 radical (unpaired) electrons. The van der Waals surface area contributed by atoms with Crippen LogP contribution in [-0.4, -0.2) is 18.6 Å². The van der Waals surface area contributed by atoms with E-state index in [0.29, 0.717) is 6.42 Å². The van der Waals surface area contributed by atoms with Gasteiger partial charge in [-0.2, -0.15) is 8.78 Å². The largest absolute Gasteiger partial charge is 0.435 e. The Morgan fingerprint density at radius 2 is 2.17 bits per heavy atom. The van der Waals surface area contributed by atoms with Crippen LogP contribution in [0.3, 0.4) is 0 Å². The maximum Gasteiger partial charge on any atom is 0.387 e. The van der Waals surface area contributed by atoms with Crippen molar-refractivity contribution in [3.63, 3.8) is 0 Å². The summed E-state index contributed by atoms with van der Waals surface area (Å²) < 4.78 is 28.8. The summed E-state index contributed by atoms with van der Waals surface area (Å²) in [5.41, 5.74) is 6.69. The van der Waals surface area contributed by atoms with Gasteiger partial charge in [0.2, 0.25) is 5.91 Å². The van der Waals surface area contributed by atoms with Gasteiger partial charge in [0.25, 0.3) is 0 Å². The lowest BCUT2D eigenvalue weighted by atomic mass is 9.99. The van der Waals surface area contributed by atoms with Crippen molar-refractivity contribution in [2.45, 2.75) is 51.3 Å². The third-order valence-corrected chi connectivity index (χ3v) is 4.13. The monoisotopic (exact) mass is 348 g/mol. The van der Waals surface area contributed by atoms with Gasteiger partial charge >= 0.3 is 6.61 Å². The summed E-state index contributed by atoms with van der Waals surface area (Å²) in [5.74, 6) is 0.266. The zero-order chi connectivity index (χ0) is 16.1. The Morgan fingerprint density at radius 1 is 1.43 bits per heavy atom. The average molecular weight is 349 g/mol. The summed E-state index contributed by atoms with van der Waals surface area (Å²) in [6.07, 6.45) is 3.45. The van der Waals surface area contributed by atoms with Crippen LogP contribution in [-0.2, 0) is 4.79 Å². The molecule has 3 N–H and O–H groups in total. The minimum absolute atomic E-state index is 0. The van der Waals surface area contributed by atoms with Gasteiger partial charge in [-0.1, -0.05) is 18.6 Å². The predicted octanol–water partition coefficient (Wildman–Crippen LogP) is 3.40. The molecular formula is C16H23ClF2N2O2. The second kappa shape index (κ2) is 9.03. The number of rotatable bonds is 6. The molecule has 3 atom stereocenters. The molecule has 1 fully saturated rings. The van der Waals surface area contributed by atoms with Gasteiger partial charge in [-0.05, 0) is 43.4 Å². The van der Waals surface area contributed by atoms with Gasteiger partial charge < -0.3 is 15.8 Å². The molecule has 0 aliphatic heterocycles. The lowest BCUT2D eigenvalue weighted by Crippen LogP contribution is -2.32. The summed E-state index contributed by atoms with van der Waals surface area (Å²) in [5, 5.41) is 2.89. The maximum absolute atomic E-state index is 12.2. The third-order valence-electron chi connectivity index (χ3n) is 4.13. The maximum atomic E-state index is 12.2. The Bertz CT molecular complexity index is 517. The molecule has 0 heterocycles. The van der Waals surface area contributed by atoms with E-state index in [2.05, 4.69) is 10.1 Å². The first-order valence-corrected chi connectivity index (χ1v) is 7.55. The second-order valence-corrected chi connectivity index (χ2v) is 5.80. The Hall–Kier alpha value is -1.40. The van der Waals surface area contributed by atoms with Crippen LogP contribution in [0.25, 0.3) is 0 Å². The van der Waals surface area contributed by atoms with Crippen molar-refractivity contribution in [2.75, 3.05) is 0 Å². The van der Waals surface area contributed by atoms with E-state index in [1.807, 2.05) is 6.92 Å². The van der Waals surface area contributed by atoms with Crippen LogP contribution in [0.15, 0.2) is 24.3 Å². The Balaban J connectivity index is 0.00000264. The molecule has 1 unspecified atom stereocenters. The quantitative estimate of drug-likeness (QED) is 0.828. The highest BCUT2D eigenvalue weighted by molar-refractivity contribution is 5.85. The Kier molecular flexibility index (Phi) is 7.72. The number of nitrogens with one attached hydrogen (secondary N) is 1. The molecule has 2 rings (SSSR count). The summed E-state index contributed by atoms with van der Waals surface area (Å²) in [6, 6.07) is 6.20. The molecule has 1 saturated carbocycles. The van der Waals surface area contributed by atoms with E-state index < -0.39 is 6.61 Å². The number of hydrogen-bond acceptors (Lipinski definition) is 3. The van der Waals surface area contributed by atoms with E-state index in [1.165, 1.54) is 12.1 Å². The first-order valence-electron chi connectivity index (χ1n) is 7.55. The molecule has 1 aromatic rings. The molecule has 7 heteroatoms. The number of carbonyl (C=O) groups is 1. The minimum atomic E-state index is -2.86. The summed E-state index contributed by atoms with van der Waals surface area (Å²) in [7, 11) is 0. The van der Waals surface area contributed by atoms with Crippen molar-refractivity contribution in [3.8, 4) is 5.75 Å². The normalized spacial score (nSPS) is 21.6. The van der Waals surface area contributed by atoms with Crippen molar-refractivity contribution in [1.29, 1.82) is 0 Å². The lowest BCUT2D eigenvalue weighted by Gasteiger charge is -2.19. The highest BCUT2D eigenvalue weighted by Crippen LogP contribution is 2.27. The van der Waals surface area contributed by atoms with Gasteiger partial charge in [-0.15, -0.1) is 12.4 Å². The zero-order valence-electron chi connectivity index (χ0n) is 13.0. The number of amides is 1. The second-order valence-electron chi connectivity index (χ2n) is 5.80. The molecule has 0 spiro atoms. The van der Waals surface area contributed by atoms with Crippen molar-refractivity contribution in [1.82, 2.24) is 5.32 Å². The average Bonchev–Trinajstić information content (AvgIpc) is 2.83. The van der Waals surface area contributed by atoms with Gasteiger partial charge in [0, 0.05) is 12.5 Å². The van der Waals surface area contributed by atoms with E-state index in [-0.39, 0.29) is 42.1 Å². The topological polar surface area (TPSA) is 64.4 Å². The molecule has 0 aromatic heterocycles. The summed E-state index contributed by atoms with van der Waals surface area (Å²) >= 11 is 0.